The van der Waals surface area contributed by atoms with Gasteiger partial charge in [0, 0.05) is 19.5 Å². The van der Waals surface area contributed by atoms with Crippen molar-refractivity contribution in [2.24, 2.45) is 5.92 Å². The van der Waals surface area contributed by atoms with Crippen LogP contribution in [-0.2, 0) is 26.1 Å². The maximum absolute atomic E-state index is 13.4. The number of imidazole rings is 1. The van der Waals surface area contributed by atoms with Gasteiger partial charge in [-0.25, -0.2) is 9.78 Å². The molecule has 178 valence electrons. The molecule has 2 atom stereocenters. The van der Waals surface area contributed by atoms with Crippen LogP contribution in [0.1, 0.15) is 37.6 Å². The Hall–Kier alpha value is -2.43. The van der Waals surface area contributed by atoms with Gasteiger partial charge in [-0.15, -0.1) is 0 Å². The third kappa shape index (κ3) is 4.39. The minimum absolute atomic E-state index is 0.0478. The molecule has 1 unspecified atom stereocenters. The second kappa shape index (κ2) is 9.82. The average molecular weight is 521 g/mol. The standard InChI is InChI=1S/C23H29BrN4O5/c1-3-26-22(31)20-21(27(9-10-29)23(26)32)25-19(12-15-5-4-6-17(15)30)28(20)13-14-7-8-18(33-2)16(24)11-14/h7-8,11,15,17,29-30H,3-6,9-10,12-13H2,1-2H3/t15?,17-/m1/s1. The average Bonchev–Trinajstić information content (AvgIpc) is 3.35. The highest BCUT2D eigenvalue weighted by Gasteiger charge is 2.29. The van der Waals surface area contributed by atoms with E-state index in [9.17, 15) is 19.8 Å². The first-order chi connectivity index (χ1) is 15.9. The predicted octanol–water partition coefficient (Wildman–Crippen LogP) is 1.89. The van der Waals surface area contributed by atoms with Crippen molar-refractivity contribution in [2.45, 2.75) is 58.3 Å². The van der Waals surface area contributed by atoms with E-state index in [1.165, 1.54) is 9.13 Å². The first kappa shape index (κ1) is 23.7. The number of fused-ring (bicyclic) bond motifs is 1. The molecule has 33 heavy (non-hydrogen) atoms. The number of hydrogen-bond donors (Lipinski definition) is 2. The molecular formula is C23H29BrN4O5. The topological polar surface area (TPSA) is 112 Å². The van der Waals surface area contributed by atoms with Gasteiger partial charge in [-0.1, -0.05) is 12.5 Å². The van der Waals surface area contributed by atoms with Crippen LogP contribution in [0.4, 0.5) is 0 Å². The van der Waals surface area contributed by atoms with Crippen molar-refractivity contribution >= 4 is 27.1 Å². The number of aromatic nitrogens is 4. The zero-order valence-electron chi connectivity index (χ0n) is 18.8. The number of hydrogen-bond acceptors (Lipinski definition) is 6. The van der Waals surface area contributed by atoms with Gasteiger partial charge in [0.2, 0.25) is 0 Å². The van der Waals surface area contributed by atoms with Crippen LogP contribution in [-0.4, -0.2) is 48.7 Å². The third-order valence-electron chi connectivity index (χ3n) is 6.45. The minimum atomic E-state index is -0.478. The summed E-state index contributed by atoms with van der Waals surface area (Å²) in [4.78, 5) is 31.0. The fraction of sp³-hybridized carbons (Fsp3) is 0.522. The van der Waals surface area contributed by atoms with E-state index in [2.05, 4.69) is 15.9 Å². The summed E-state index contributed by atoms with van der Waals surface area (Å²) < 4.78 is 10.5. The van der Waals surface area contributed by atoms with Crippen LogP contribution in [0.5, 0.6) is 5.75 Å². The Labute approximate surface area is 199 Å². The van der Waals surface area contributed by atoms with Crippen LogP contribution in [0.3, 0.4) is 0 Å². The summed E-state index contributed by atoms with van der Waals surface area (Å²) in [5, 5.41) is 20.0. The Balaban J connectivity index is 1.93. The molecular weight excluding hydrogens is 492 g/mol. The monoisotopic (exact) mass is 520 g/mol. The Morgan fingerprint density at radius 3 is 2.61 bits per heavy atom. The minimum Gasteiger partial charge on any atom is -0.496 e. The molecule has 0 amide bonds. The van der Waals surface area contributed by atoms with Gasteiger partial charge in [-0.3, -0.25) is 13.9 Å². The highest BCUT2D eigenvalue weighted by Crippen LogP contribution is 2.30. The summed E-state index contributed by atoms with van der Waals surface area (Å²) in [6.45, 7) is 2.13. The highest BCUT2D eigenvalue weighted by molar-refractivity contribution is 9.10. The van der Waals surface area contributed by atoms with E-state index in [1.807, 2.05) is 22.8 Å². The molecule has 0 aliphatic heterocycles. The van der Waals surface area contributed by atoms with Gasteiger partial charge in [-0.2, -0.15) is 0 Å². The molecule has 1 aromatic carbocycles. The fourth-order valence-corrected chi connectivity index (χ4v) is 5.31. The largest absolute Gasteiger partial charge is 0.496 e. The molecule has 10 heteroatoms. The normalized spacial score (nSPS) is 18.3. The van der Waals surface area contributed by atoms with E-state index < -0.39 is 17.4 Å². The summed E-state index contributed by atoms with van der Waals surface area (Å²) in [5.41, 5.74) is 0.661. The maximum Gasteiger partial charge on any atom is 0.332 e. The predicted molar refractivity (Wildman–Crippen MR) is 128 cm³/mol. The SMILES string of the molecule is CCn1c(=O)c2c(nc(CC3CCC[C@H]3O)n2Cc2ccc(OC)c(Br)c2)n(CCO)c1=O. The molecule has 0 bridgehead atoms. The van der Waals surface area contributed by atoms with Crippen LogP contribution in [0.25, 0.3) is 11.2 Å². The summed E-state index contributed by atoms with van der Waals surface area (Å²) in [6.07, 6.45) is 2.71. The zero-order valence-corrected chi connectivity index (χ0v) is 20.4. The third-order valence-corrected chi connectivity index (χ3v) is 7.07. The van der Waals surface area contributed by atoms with E-state index in [0.717, 1.165) is 29.3 Å². The lowest BCUT2D eigenvalue weighted by atomic mass is 10.0. The number of ether oxygens (including phenoxy) is 1. The van der Waals surface area contributed by atoms with E-state index in [-0.39, 0.29) is 31.3 Å². The molecule has 0 spiro atoms. The summed E-state index contributed by atoms with van der Waals surface area (Å²) in [5.74, 6) is 1.41. The lowest BCUT2D eigenvalue weighted by Crippen LogP contribution is -2.40. The van der Waals surface area contributed by atoms with Crippen molar-refractivity contribution in [3.63, 3.8) is 0 Å². The van der Waals surface area contributed by atoms with Gasteiger partial charge >= 0.3 is 5.69 Å². The van der Waals surface area contributed by atoms with Gasteiger partial charge in [-0.05, 0) is 59.3 Å². The summed E-state index contributed by atoms with van der Waals surface area (Å²) >= 11 is 3.52. The second-order valence-corrected chi connectivity index (χ2v) is 9.28. The van der Waals surface area contributed by atoms with Crippen molar-refractivity contribution in [1.82, 2.24) is 18.7 Å². The maximum atomic E-state index is 13.4. The number of nitrogens with zero attached hydrogens (tertiary/aromatic N) is 4. The lowest BCUT2D eigenvalue weighted by Gasteiger charge is -2.16. The van der Waals surface area contributed by atoms with Crippen molar-refractivity contribution in [2.75, 3.05) is 13.7 Å². The smallest absolute Gasteiger partial charge is 0.332 e. The van der Waals surface area contributed by atoms with E-state index in [4.69, 9.17) is 9.72 Å². The Morgan fingerprint density at radius 1 is 1.21 bits per heavy atom. The first-order valence-corrected chi connectivity index (χ1v) is 12.0. The highest BCUT2D eigenvalue weighted by atomic mass is 79.9. The number of aliphatic hydroxyl groups is 2. The van der Waals surface area contributed by atoms with Crippen LogP contribution < -0.4 is 16.0 Å². The zero-order chi connectivity index (χ0) is 23.7. The number of rotatable bonds is 8. The molecule has 1 aliphatic carbocycles. The van der Waals surface area contributed by atoms with Crippen LogP contribution in [0.2, 0.25) is 0 Å². The van der Waals surface area contributed by atoms with Gasteiger partial charge in [0.1, 0.15) is 11.6 Å². The van der Waals surface area contributed by atoms with E-state index in [0.29, 0.717) is 30.1 Å². The molecule has 9 nitrogen and oxygen atoms in total. The molecule has 3 aromatic rings. The molecule has 1 saturated carbocycles. The first-order valence-electron chi connectivity index (χ1n) is 11.2. The Morgan fingerprint density at radius 2 is 2.00 bits per heavy atom. The summed E-state index contributed by atoms with van der Waals surface area (Å²) in [7, 11) is 1.60. The molecule has 2 N–H and O–H groups in total. The van der Waals surface area contributed by atoms with E-state index >= 15 is 0 Å². The Bertz CT molecular complexity index is 1280. The van der Waals surface area contributed by atoms with Crippen molar-refractivity contribution in [3.8, 4) is 5.75 Å². The van der Waals surface area contributed by atoms with Crippen LogP contribution in [0, 0.1) is 5.92 Å². The van der Waals surface area contributed by atoms with Gasteiger partial charge < -0.3 is 19.5 Å². The quantitative estimate of drug-likeness (QED) is 0.469. The van der Waals surface area contributed by atoms with Crippen LogP contribution >= 0.6 is 15.9 Å². The lowest BCUT2D eigenvalue weighted by molar-refractivity contribution is 0.131. The number of methoxy groups -OCH3 is 1. The summed E-state index contributed by atoms with van der Waals surface area (Å²) in [6, 6.07) is 5.71. The van der Waals surface area contributed by atoms with E-state index in [1.54, 1.807) is 14.0 Å². The molecule has 2 heterocycles. The number of aliphatic hydroxyl groups excluding tert-OH is 2. The van der Waals surface area contributed by atoms with Gasteiger partial charge in [0.15, 0.2) is 11.2 Å². The Kier molecular flexibility index (Phi) is 7.06. The molecule has 0 saturated heterocycles. The molecule has 1 fully saturated rings. The van der Waals surface area contributed by atoms with Gasteiger partial charge in [0.25, 0.3) is 5.56 Å². The molecule has 0 radical (unpaired) electrons. The molecule has 4 rings (SSSR count). The number of halogens is 1. The van der Waals surface area contributed by atoms with Crippen molar-refractivity contribution in [1.29, 1.82) is 0 Å². The van der Waals surface area contributed by atoms with Crippen molar-refractivity contribution < 1.29 is 14.9 Å². The number of benzene rings is 1. The molecule has 1 aliphatic rings. The van der Waals surface area contributed by atoms with Crippen LogP contribution in [0.15, 0.2) is 32.3 Å². The van der Waals surface area contributed by atoms with Crippen molar-refractivity contribution in [3.05, 3.63) is 54.9 Å². The van der Waals surface area contributed by atoms with Gasteiger partial charge in [0.05, 0.1) is 30.8 Å². The fourth-order valence-electron chi connectivity index (χ4n) is 4.72. The second-order valence-electron chi connectivity index (χ2n) is 8.42. The molecule has 2 aromatic heterocycles.